The molecule has 0 bridgehead atoms. The standard InChI is InChI=1S/C54H39N/c1-2-3-18-40(33-34-47-44(38-19-6-4-7-20-38)31-17-32-45(47)39-21-8-5-9-22-39)53-48-27-12-14-29-50(48)54(51-30-15-13-28-49(51)53)42-25-16-24-41(35-42)52-37-55-36-43-23-10-11-26-46(43)52/h2-33,35-37H,1,34H2/b18-3-,40-33+. The van der Waals surface area contributed by atoms with E-state index in [1.165, 1.54) is 71.4 Å². The predicted octanol–water partition coefficient (Wildman–Crippen LogP) is 14.6. The van der Waals surface area contributed by atoms with Crippen LogP contribution in [0.1, 0.15) is 11.1 Å². The van der Waals surface area contributed by atoms with E-state index in [-0.39, 0.29) is 0 Å². The Morgan fingerprint density at radius 1 is 0.473 bits per heavy atom. The number of allylic oxidation sites excluding steroid dienone is 5. The number of hydrogen-bond donors (Lipinski definition) is 0. The van der Waals surface area contributed by atoms with Crippen LogP contribution in [0, 0.1) is 0 Å². The lowest BCUT2D eigenvalue weighted by Crippen LogP contribution is -1.96. The molecule has 9 rings (SSSR count). The highest BCUT2D eigenvalue weighted by molar-refractivity contribution is 6.19. The fourth-order valence-electron chi connectivity index (χ4n) is 8.16. The molecule has 0 saturated heterocycles. The maximum Gasteiger partial charge on any atom is 0.0352 e. The molecule has 0 aliphatic carbocycles. The third-order valence-electron chi connectivity index (χ3n) is 10.6. The molecule has 0 aliphatic rings. The van der Waals surface area contributed by atoms with Crippen LogP contribution in [0.2, 0.25) is 0 Å². The van der Waals surface area contributed by atoms with Crippen molar-refractivity contribution in [1.82, 2.24) is 4.98 Å². The van der Waals surface area contributed by atoms with Gasteiger partial charge >= 0.3 is 0 Å². The van der Waals surface area contributed by atoms with Gasteiger partial charge in [0.1, 0.15) is 0 Å². The number of hydrogen-bond acceptors (Lipinski definition) is 1. The van der Waals surface area contributed by atoms with Gasteiger partial charge in [-0.25, -0.2) is 0 Å². The molecule has 260 valence electrons. The van der Waals surface area contributed by atoms with E-state index in [0.717, 1.165) is 28.5 Å². The molecule has 0 atom stereocenters. The van der Waals surface area contributed by atoms with Crippen LogP contribution in [0.5, 0.6) is 0 Å². The van der Waals surface area contributed by atoms with Crippen molar-refractivity contribution in [2.45, 2.75) is 6.42 Å². The Labute approximate surface area is 322 Å². The molecule has 1 aromatic heterocycles. The molecule has 0 aliphatic heterocycles. The second-order valence-electron chi connectivity index (χ2n) is 13.9. The highest BCUT2D eigenvalue weighted by atomic mass is 14.6. The summed E-state index contributed by atoms with van der Waals surface area (Å²) in [6, 6.07) is 63.4. The van der Waals surface area contributed by atoms with Gasteiger partial charge in [-0.3, -0.25) is 4.98 Å². The molecular weight excluding hydrogens is 663 g/mol. The first-order valence-corrected chi connectivity index (χ1v) is 18.9. The topological polar surface area (TPSA) is 12.9 Å². The molecule has 1 nitrogen and oxygen atoms in total. The van der Waals surface area contributed by atoms with Gasteiger partial charge in [-0.15, -0.1) is 0 Å². The second-order valence-corrected chi connectivity index (χ2v) is 13.9. The van der Waals surface area contributed by atoms with Gasteiger partial charge in [0.05, 0.1) is 0 Å². The lowest BCUT2D eigenvalue weighted by molar-refractivity contribution is 1.27. The van der Waals surface area contributed by atoms with Gasteiger partial charge in [0.25, 0.3) is 0 Å². The number of aromatic nitrogens is 1. The smallest absolute Gasteiger partial charge is 0.0352 e. The van der Waals surface area contributed by atoms with Crippen LogP contribution in [0.4, 0.5) is 0 Å². The Hall–Kier alpha value is -7.09. The summed E-state index contributed by atoms with van der Waals surface area (Å²) < 4.78 is 0. The Kier molecular flexibility index (Phi) is 9.26. The van der Waals surface area contributed by atoms with Gasteiger partial charge in [0.2, 0.25) is 0 Å². The minimum atomic E-state index is 0.748. The number of nitrogens with zero attached hydrogens (tertiary/aromatic N) is 1. The maximum absolute atomic E-state index is 4.61. The van der Waals surface area contributed by atoms with Crippen molar-refractivity contribution in [1.29, 1.82) is 0 Å². The Morgan fingerprint density at radius 3 is 1.64 bits per heavy atom. The Balaban J connectivity index is 1.25. The summed E-state index contributed by atoms with van der Waals surface area (Å²) in [7, 11) is 0. The molecule has 0 N–H and O–H groups in total. The summed E-state index contributed by atoms with van der Waals surface area (Å²) in [6.45, 7) is 4.06. The van der Waals surface area contributed by atoms with E-state index < -0.39 is 0 Å². The monoisotopic (exact) mass is 701 g/mol. The van der Waals surface area contributed by atoms with Crippen molar-refractivity contribution in [2.24, 2.45) is 0 Å². The zero-order chi connectivity index (χ0) is 37.0. The van der Waals surface area contributed by atoms with Crippen molar-refractivity contribution in [3.8, 4) is 44.5 Å². The number of rotatable bonds is 9. The first-order chi connectivity index (χ1) is 27.3. The highest BCUT2D eigenvalue weighted by Crippen LogP contribution is 2.44. The fraction of sp³-hybridized carbons (Fsp3) is 0.0185. The van der Waals surface area contributed by atoms with Gasteiger partial charge in [0, 0.05) is 23.3 Å². The average Bonchev–Trinajstić information content (AvgIpc) is 3.26. The normalized spacial score (nSPS) is 11.8. The van der Waals surface area contributed by atoms with Gasteiger partial charge in [0.15, 0.2) is 0 Å². The number of fused-ring (bicyclic) bond motifs is 3. The molecule has 8 aromatic carbocycles. The van der Waals surface area contributed by atoms with Crippen molar-refractivity contribution in [3.05, 3.63) is 230 Å². The van der Waals surface area contributed by atoms with Crippen molar-refractivity contribution < 1.29 is 0 Å². The lowest BCUT2D eigenvalue weighted by atomic mass is 9.84. The highest BCUT2D eigenvalue weighted by Gasteiger charge is 2.18. The van der Waals surface area contributed by atoms with Gasteiger partial charge in [-0.1, -0.05) is 201 Å². The molecule has 0 saturated carbocycles. The lowest BCUT2D eigenvalue weighted by Gasteiger charge is -2.19. The van der Waals surface area contributed by atoms with Crippen molar-refractivity contribution in [3.63, 3.8) is 0 Å². The van der Waals surface area contributed by atoms with Crippen LogP contribution in [-0.4, -0.2) is 4.98 Å². The van der Waals surface area contributed by atoms with Crippen LogP contribution < -0.4 is 0 Å². The molecule has 9 aromatic rings. The van der Waals surface area contributed by atoms with Crippen LogP contribution in [0.15, 0.2) is 219 Å². The Bertz CT molecular complexity index is 2780. The van der Waals surface area contributed by atoms with Gasteiger partial charge in [-0.2, -0.15) is 0 Å². The quantitative estimate of drug-likeness (QED) is 0.108. The molecule has 0 radical (unpaired) electrons. The first-order valence-electron chi connectivity index (χ1n) is 18.9. The molecule has 0 unspecified atom stereocenters. The minimum absolute atomic E-state index is 0.748. The molecule has 0 fully saturated rings. The molecule has 55 heavy (non-hydrogen) atoms. The fourth-order valence-corrected chi connectivity index (χ4v) is 8.16. The van der Waals surface area contributed by atoms with E-state index in [4.69, 9.17) is 0 Å². The molecule has 1 heteroatoms. The maximum atomic E-state index is 4.61. The molecule has 0 spiro atoms. The van der Waals surface area contributed by atoms with E-state index in [0.29, 0.717) is 0 Å². The summed E-state index contributed by atoms with van der Waals surface area (Å²) in [5.41, 5.74) is 13.3. The first kappa shape index (κ1) is 33.7. The van der Waals surface area contributed by atoms with Crippen molar-refractivity contribution in [2.75, 3.05) is 0 Å². The third kappa shape index (κ3) is 6.47. The summed E-state index contributed by atoms with van der Waals surface area (Å²) in [5, 5.41) is 7.21. The van der Waals surface area contributed by atoms with E-state index >= 15 is 0 Å². The summed E-state index contributed by atoms with van der Waals surface area (Å²) in [5.74, 6) is 0. The molecule has 0 amide bonds. The number of benzene rings is 8. The molecular formula is C54H39N. The summed E-state index contributed by atoms with van der Waals surface area (Å²) in [4.78, 5) is 4.61. The van der Waals surface area contributed by atoms with E-state index in [1.54, 1.807) is 0 Å². The largest absolute Gasteiger partial charge is 0.263 e. The predicted molar refractivity (Wildman–Crippen MR) is 236 cm³/mol. The van der Waals surface area contributed by atoms with E-state index in [9.17, 15) is 0 Å². The zero-order valence-corrected chi connectivity index (χ0v) is 30.6. The van der Waals surface area contributed by atoms with Crippen molar-refractivity contribution >= 4 is 37.9 Å². The van der Waals surface area contributed by atoms with Gasteiger partial charge < -0.3 is 0 Å². The van der Waals surface area contributed by atoms with Crippen LogP contribution >= 0.6 is 0 Å². The zero-order valence-electron chi connectivity index (χ0n) is 30.6. The molecule has 1 heterocycles. The van der Waals surface area contributed by atoms with Crippen LogP contribution in [0.25, 0.3) is 82.4 Å². The van der Waals surface area contributed by atoms with Crippen LogP contribution in [0.3, 0.4) is 0 Å². The second kappa shape index (κ2) is 15.1. The third-order valence-corrected chi connectivity index (χ3v) is 10.6. The van der Waals surface area contributed by atoms with Crippen LogP contribution in [-0.2, 0) is 6.42 Å². The van der Waals surface area contributed by atoms with E-state index in [2.05, 4.69) is 206 Å². The number of pyridine rings is 1. The Morgan fingerprint density at radius 2 is 1.00 bits per heavy atom. The van der Waals surface area contributed by atoms with Gasteiger partial charge in [-0.05, 0) is 95.1 Å². The SMILES string of the molecule is C=C/C=C\C(=C/Cc1c(-c2ccccc2)cccc1-c1ccccc1)c1c2ccccc2c(-c2cccc(-c3cncc4ccccc34)c2)c2ccccc12. The van der Waals surface area contributed by atoms with E-state index in [1.807, 2.05) is 18.5 Å². The summed E-state index contributed by atoms with van der Waals surface area (Å²) in [6.07, 6.45) is 13.2. The summed E-state index contributed by atoms with van der Waals surface area (Å²) >= 11 is 0. The minimum Gasteiger partial charge on any atom is -0.263 e. The average molecular weight is 702 g/mol.